The van der Waals surface area contributed by atoms with Crippen LogP contribution in [-0.2, 0) is 33.3 Å². The van der Waals surface area contributed by atoms with Gasteiger partial charge in [-0.3, -0.25) is 19.4 Å². The lowest BCUT2D eigenvalue weighted by molar-refractivity contribution is -0.302. The number of carbonyl (C=O) groups is 4. The number of allylic oxidation sites excluding steroid dienone is 2. The summed E-state index contributed by atoms with van der Waals surface area (Å²) < 4.78 is 30.7. The van der Waals surface area contributed by atoms with Crippen LogP contribution in [0.1, 0.15) is 70.8 Å². The van der Waals surface area contributed by atoms with Crippen LogP contribution in [0.3, 0.4) is 0 Å². The van der Waals surface area contributed by atoms with E-state index in [2.05, 4.69) is 58.1 Å². The number of phenols is 1. The van der Waals surface area contributed by atoms with Gasteiger partial charge in [-0.25, -0.2) is 4.79 Å². The number of rotatable bonds is 12. The molecule has 10 atom stereocenters. The van der Waals surface area contributed by atoms with Crippen LogP contribution in [-0.4, -0.2) is 128 Å². The van der Waals surface area contributed by atoms with Crippen LogP contribution in [0.2, 0.25) is 0 Å². The number of nitrogens with zero attached hydrogens (tertiary/aromatic N) is 1. The summed E-state index contributed by atoms with van der Waals surface area (Å²) in [5.41, 5.74) is 1.97. The summed E-state index contributed by atoms with van der Waals surface area (Å²) in [6.45, 7) is 9.35. The highest BCUT2D eigenvalue weighted by atomic mass is 32.2. The second-order valence-electron chi connectivity index (χ2n) is 16.6. The number of H-pyrrole nitrogens is 1. The third kappa shape index (κ3) is 10.4. The van der Waals surface area contributed by atoms with E-state index in [1.54, 1.807) is 43.5 Å². The molecule has 4 heterocycles. The summed E-state index contributed by atoms with van der Waals surface area (Å²) in [6.07, 6.45) is 1.41. The van der Waals surface area contributed by atoms with Crippen molar-refractivity contribution in [2.75, 3.05) is 19.1 Å². The number of ether oxygens (including phenoxy) is 5. The van der Waals surface area contributed by atoms with Gasteiger partial charge in [0.1, 0.15) is 34.4 Å². The molecule has 7 rings (SSSR count). The fourth-order valence-electron chi connectivity index (χ4n) is 8.85. The summed E-state index contributed by atoms with van der Waals surface area (Å²) in [5.74, 6) is 11.4. The number of amides is 1. The number of Topliss-reactive ketones (excluding diaryl/α,β-unsaturated/α-hetero) is 2. The van der Waals surface area contributed by atoms with E-state index < -0.39 is 66.1 Å². The van der Waals surface area contributed by atoms with Crippen LogP contribution in [0.4, 0.5) is 4.79 Å². The molecule has 2 aliphatic carbocycles. The smallest absolute Gasteiger partial charge is 0.407 e. The topological polar surface area (TPSA) is 208 Å². The molecule has 0 bridgehead atoms. The zero-order valence-corrected chi connectivity index (χ0v) is 38.9. The largest absolute Gasteiger partial charge is 0.508 e. The maximum Gasteiger partial charge on any atom is 0.407 e. The van der Waals surface area contributed by atoms with Gasteiger partial charge in [-0.2, -0.15) is 0 Å². The van der Waals surface area contributed by atoms with E-state index in [9.17, 15) is 24.6 Å². The molecule has 2 aliphatic heterocycles. The Hall–Kier alpha value is -4.95. The highest BCUT2D eigenvalue weighted by molar-refractivity contribution is 8.13. The van der Waals surface area contributed by atoms with Gasteiger partial charge in [-0.05, 0) is 74.9 Å². The Morgan fingerprint density at radius 3 is 2.62 bits per heavy atom. The lowest BCUT2D eigenvalue weighted by Crippen LogP contribution is -2.60. The fourth-order valence-corrected chi connectivity index (χ4v) is 10.3. The SMILES string of the molecule is COC(=O)NC1C(=O)C[C@H](O)/C(=C/CSC(C)=O)C2=C1C#C/C=C\C#C[C@@H]2OC1OC(C)C(SC)(C(=O)c2nccc3c2[nH]c2ccc(O)cc23)CC1OC1CCC(NC(C)C)C(C)O1. The molecule has 2 saturated heterocycles. The number of hydrogen-bond donors (Lipinski definition) is 5. The van der Waals surface area contributed by atoms with Gasteiger partial charge >= 0.3 is 6.09 Å². The van der Waals surface area contributed by atoms with Crippen molar-refractivity contribution >= 4 is 68.1 Å². The molecule has 0 radical (unpaired) electrons. The quantitative estimate of drug-likeness (QED) is 0.110. The number of carbonyl (C=O) groups excluding carboxylic acids is 4. The zero-order chi connectivity index (χ0) is 46.6. The van der Waals surface area contributed by atoms with Gasteiger partial charge in [0, 0.05) is 71.2 Å². The monoisotopic (exact) mass is 926 g/mol. The summed E-state index contributed by atoms with van der Waals surface area (Å²) in [6, 6.07) is 5.70. The molecule has 8 unspecified atom stereocenters. The first-order chi connectivity index (χ1) is 31.1. The van der Waals surface area contributed by atoms with Gasteiger partial charge in [0.05, 0.1) is 30.9 Å². The minimum Gasteiger partial charge on any atom is -0.508 e. The molecule has 1 aromatic carbocycles. The normalized spacial score (nSPS) is 30.3. The van der Waals surface area contributed by atoms with Crippen molar-refractivity contribution in [2.45, 2.75) is 126 Å². The molecule has 15 nitrogen and oxygen atoms in total. The number of thioether (sulfide) groups is 2. The van der Waals surface area contributed by atoms with Gasteiger partial charge in [-0.15, -0.1) is 11.8 Å². The second kappa shape index (κ2) is 20.7. The Labute approximate surface area is 386 Å². The number of aromatic nitrogens is 2. The molecule has 1 amide bonds. The van der Waals surface area contributed by atoms with Gasteiger partial charge < -0.3 is 49.5 Å². The van der Waals surface area contributed by atoms with E-state index in [-0.39, 0.29) is 69.4 Å². The Kier molecular flexibility index (Phi) is 15.3. The van der Waals surface area contributed by atoms with Crippen LogP contribution < -0.4 is 10.6 Å². The molecule has 0 saturated carbocycles. The number of aliphatic hydroxyl groups is 1. The minimum absolute atomic E-state index is 0.0666. The van der Waals surface area contributed by atoms with Crippen LogP contribution in [0.25, 0.3) is 21.8 Å². The average Bonchev–Trinajstić information content (AvgIpc) is 3.64. The number of aromatic hydroxyl groups is 1. The van der Waals surface area contributed by atoms with Crippen molar-refractivity contribution in [3.05, 3.63) is 71.1 Å². The number of ketones is 2. The predicted molar refractivity (Wildman–Crippen MR) is 248 cm³/mol. The van der Waals surface area contributed by atoms with Crippen LogP contribution in [0.5, 0.6) is 5.75 Å². The Balaban J connectivity index is 1.32. The summed E-state index contributed by atoms with van der Waals surface area (Å²) in [4.78, 5) is 61.9. The van der Waals surface area contributed by atoms with Gasteiger partial charge in [0.25, 0.3) is 0 Å². The van der Waals surface area contributed by atoms with Crippen molar-refractivity contribution in [3.63, 3.8) is 0 Å². The third-order valence-corrected chi connectivity index (χ3v) is 14.1. The standard InChI is InChI=1S/C48H54N4O11S2/c1-25(2)50-34-16-17-40(60-26(34)3)62-39-24-48(64-7,45(57)44-43-30(18-20-49-44)33-22-29(54)14-15-35(33)51-43)27(4)61-46(39)63-38-13-11-9-8-10-12-32-41(38)31(19-21-65-28(5)53)36(55)23-37(56)42(32)52-47(58)59-6/h8-9,14-15,18-20,22,25-27,34,36,38-40,42,46,50-51,54-55H,16-17,21,23-24H2,1-7H3,(H,52,58)/b9-8-,31-19-/t26?,27?,34?,36-,38-,39?,40?,42?,46?,48?/m0/s1. The van der Waals surface area contributed by atoms with E-state index in [4.69, 9.17) is 23.7 Å². The van der Waals surface area contributed by atoms with Crippen molar-refractivity contribution in [1.82, 2.24) is 20.6 Å². The number of aliphatic hydroxyl groups excluding tert-OH is 1. The third-order valence-electron chi connectivity index (χ3n) is 12.0. The molecule has 5 N–H and O–H groups in total. The van der Waals surface area contributed by atoms with Crippen molar-refractivity contribution in [1.29, 1.82) is 0 Å². The number of phenolic OH excluding ortho intramolecular Hbond substituents is 1. The first kappa shape index (κ1) is 48.0. The van der Waals surface area contributed by atoms with Gasteiger partial charge in [-0.1, -0.05) is 55.4 Å². The molecule has 344 valence electrons. The number of pyridine rings is 1. The molecule has 4 aliphatic rings. The predicted octanol–water partition coefficient (Wildman–Crippen LogP) is 5.64. The van der Waals surface area contributed by atoms with E-state index in [1.165, 1.54) is 37.9 Å². The summed E-state index contributed by atoms with van der Waals surface area (Å²) in [5, 5.41) is 29.5. The molecule has 2 aromatic heterocycles. The molecule has 3 aromatic rings. The Bertz CT molecular complexity index is 2570. The van der Waals surface area contributed by atoms with E-state index in [0.717, 1.165) is 29.1 Å². The lowest BCUT2D eigenvalue weighted by Gasteiger charge is -2.48. The van der Waals surface area contributed by atoms with E-state index >= 15 is 4.79 Å². The van der Waals surface area contributed by atoms with Crippen LogP contribution in [0, 0.1) is 23.7 Å². The second-order valence-corrected chi connectivity index (χ2v) is 18.9. The van der Waals surface area contributed by atoms with Crippen LogP contribution >= 0.6 is 23.5 Å². The van der Waals surface area contributed by atoms with Gasteiger partial charge in [0.15, 0.2) is 23.5 Å². The maximum atomic E-state index is 15.2. The number of hydrogen-bond acceptors (Lipinski definition) is 15. The molecule has 0 spiro atoms. The number of methoxy groups -OCH3 is 1. The molecule has 2 fully saturated rings. The zero-order valence-electron chi connectivity index (χ0n) is 37.3. The lowest BCUT2D eigenvalue weighted by atomic mass is 9.85. The maximum absolute atomic E-state index is 15.2. The molecular weight excluding hydrogens is 873 g/mol. The number of nitrogens with one attached hydrogen (secondary N) is 3. The van der Waals surface area contributed by atoms with Crippen molar-refractivity contribution in [2.24, 2.45) is 0 Å². The average molecular weight is 927 g/mol. The molecular formula is C48H54N4O11S2. The van der Waals surface area contributed by atoms with E-state index in [1.807, 2.05) is 13.2 Å². The Morgan fingerprint density at radius 1 is 1.11 bits per heavy atom. The number of fused-ring (bicyclic) bond motifs is 3. The van der Waals surface area contributed by atoms with Gasteiger partial charge in [0.2, 0.25) is 5.78 Å². The minimum atomic E-state index is -1.40. The van der Waals surface area contributed by atoms with E-state index in [0.29, 0.717) is 17.3 Å². The Morgan fingerprint density at radius 2 is 1.89 bits per heavy atom. The summed E-state index contributed by atoms with van der Waals surface area (Å²) >= 11 is 2.32. The fraction of sp³-hybridized carbons (Fsp3) is 0.479. The highest BCUT2D eigenvalue weighted by Crippen LogP contribution is 2.46. The molecule has 17 heteroatoms. The number of benzene rings is 1. The highest BCUT2D eigenvalue weighted by Gasteiger charge is 2.55. The number of alkyl carbamates (subject to hydrolysis) is 1. The first-order valence-corrected chi connectivity index (χ1v) is 23.7. The first-order valence-electron chi connectivity index (χ1n) is 21.5. The summed E-state index contributed by atoms with van der Waals surface area (Å²) in [7, 11) is 1.17. The number of aromatic amines is 1. The van der Waals surface area contributed by atoms with Crippen LogP contribution in [0.15, 0.2) is 65.4 Å². The van der Waals surface area contributed by atoms with Crippen molar-refractivity contribution < 1.29 is 53.1 Å². The molecule has 65 heavy (non-hydrogen) atoms. The van der Waals surface area contributed by atoms with Crippen molar-refractivity contribution in [3.8, 4) is 29.4 Å².